The maximum Gasteiger partial charge on any atom is 0.140 e. The van der Waals surface area contributed by atoms with Gasteiger partial charge in [0.15, 0.2) is 0 Å². The highest BCUT2D eigenvalue weighted by Crippen LogP contribution is 2.55. The minimum atomic E-state index is -0.244. The Hall–Kier alpha value is -6.12. The fourth-order valence-corrected chi connectivity index (χ4v) is 9.51. The molecule has 2 aliphatic rings. The molecule has 0 radical (unpaired) electrons. The van der Waals surface area contributed by atoms with E-state index in [9.17, 15) is 0 Å². The van der Waals surface area contributed by atoms with Gasteiger partial charge in [0.05, 0.1) is 0 Å². The fraction of sp³-hybridized carbons (Fsp3) is 0.120. The second-order valence-corrected chi connectivity index (χ2v) is 15.8. The van der Waals surface area contributed by atoms with Gasteiger partial charge in [-0.25, -0.2) is 0 Å². The van der Waals surface area contributed by atoms with Crippen LogP contribution < -0.4 is 4.90 Å². The van der Waals surface area contributed by atoms with Crippen molar-refractivity contribution >= 4 is 60.5 Å². The van der Waals surface area contributed by atoms with Crippen LogP contribution in [0.4, 0.5) is 17.1 Å². The van der Waals surface area contributed by atoms with Crippen LogP contribution >= 0.6 is 0 Å². The van der Waals surface area contributed by atoms with E-state index in [1.807, 2.05) is 0 Å². The quantitative estimate of drug-likeness (QED) is 0.186. The molecule has 9 aromatic rings. The Morgan fingerprint density at radius 1 is 0.404 bits per heavy atom. The molecule has 8 aromatic carbocycles. The largest absolute Gasteiger partial charge is 0.456 e. The van der Waals surface area contributed by atoms with E-state index in [1.165, 1.54) is 76.8 Å². The molecule has 0 saturated carbocycles. The Morgan fingerprint density at radius 3 is 1.79 bits per heavy atom. The number of furan rings is 1. The van der Waals surface area contributed by atoms with Gasteiger partial charge < -0.3 is 9.32 Å². The zero-order chi connectivity index (χ0) is 34.9. The van der Waals surface area contributed by atoms with E-state index in [-0.39, 0.29) is 10.8 Å². The maximum absolute atomic E-state index is 6.60. The number of nitrogens with zero attached hydrogens (tertiary/aromatic N) is 1. The van der Waals surface area contributed by atoms with Crippen LogP contribution in [0.1, 0.15) is 49.9 Å². The lowest BCUT2D eigenvalue weighted by molar-refractivity contribution is 0.620. The van der Waals surface area contributed by atoms with Gasteiger partial charge in [-0.05, 0) is 133 Å². The molecule has 0 spiro atoms. The Labute approximate surface area is 303 Å². The summed E-state index contributed by atoms with van der Waals surface area (Å²) in [5, 5.41) is 7.46. The molecule has 0 fully saturated rings. The fourth-order valence-electron chi connectivity index (χ4n) is 9.51. The molecule has 248 valence electrons. The summed E-state index contributed by atoms with van der Waals surface area (Å²) in [6, 6.07) is 56.1. The van der Waals surface area contributed by atoms with Crippen molar-refractivity contribution in [1.29, 1.82) is 0 Å². The average molecular weight is 668 g/mol. The molecule has 0 saturated heterocycles. The van der Waals surface area contributed by atoms with Crippen molar-refractivity contribution in [3.8, 4) is 22.3 Å². The van der Waals surface area contributed by atoms with Crippen molar-refractivity contribution < 1.29 is 4.42 Å². The highest BCUT2D eigenvalue weighted by molar-refractivity contribution is 6.09. The normalized spacial score (nSPS) is 14.8. The van der Waals surface area contributed by atoms with Crippen LogP contribution in [0.2, 0.25) is 0 Å². The summed E-state index contributed by atoms with van der Waals surface area (Å²) in [5.41, 5.74) is 15.7. The number of rotatable bonds is 3. The molecular formula is C50H37NO. The predicted octanol–water partition coefficient (Wildman–Crippen LogP) is 14.0. The van der Waals surface area contributed by atoms with Gasteiger partial charge >= 0.3 is 0 Å². The smallest absolute Gasteiger partial charge is 0.140 e. The van der Waals surface area contributed by atoms with Crippen LogP contribution in [0.15, 0.2) is 156 Å². The third-order valence-electron chi connectivity index (χ3n) is 12.2. The van der Waals surface area contributed by atoms with Gasteiger partial charge in [0.1, 0.15) is 11.2 Å². The lowest BCUT2D eigenvalue weighted by Crippen LogP contribution is -2.17. The molecule has 11 rings (SSSR count). The van der Waals surface area contributed by atoms with E-state index in [0.717, 1.165) is 28.2 Å². The number of hydrogen-bond donors (Lipinski definition) is 0. The van der Waals surface area contributed by atoms with Gasteiger partial charge in [0.2, 0.25) is 0 Å². The van der Waals surface area contributed by atoms with Gasteiger partial charge in [-0.15, -0.1) is 0 Å². The SMILES string of the molecule is CC1(C)c2cc3ccccc3cc2-c2cc3ccc(N(c4ccccc4)c4ccc5c(c4)C(C)(C)c4c-5ccc5c4oc4ccccc45)cc3cc21. The van der Waals surface area contributed by atoms with Crippen LogP contribution in [0.3, 0.4) is 0 Å². The first-order valence-electron chi connectivity index (χ1n) is 18.3. The first kappa shape index (κ1) is 29.6. The van der Waals surface area contributed by atoms with Gasteiger partial charge in [-0.2, -0.15) is 0 Å². The van der Waals surface area contributed by atoms with Gasteiger partial charge in [0.25, 0.3) is 0 Å². The molecule has 1 heterocycles. The van der Waals surface area contributed by atoms with E-state index < -0.39 is 0 Å². The molecule has 2 aliphatic carbocycles. The number of para-hydroxylation sites is 2. The van der Waals surface area contributed by atoms with E-state index in [4.69, 9.17) is 4.42 Å². The van der Waals surface area contributed by atoms with Crippen molar-refractivity contribution in [1.82, 2.24) is 0 Å². The van der Waals surface area contributed by atoms with Crippen molar-refractivity contribution in [2.75, 3.05) is 4.90 Å². The highest BCUT2D eigenvalue weighted by atomic mass is 16.3. The molecule has 0 aliphatic heterocycles. The van der Waals surface area contributed by atoms with Gasteiger partial charge in [-0.1, -0.05) is 107 Å². The molecule has 52 heavy (non-hydrogen) atoms. The minimum Gasteiger partial charge on any atom is -0.456 e. The maximum atomic E-state index is 6.60. The van der Waals surface area contributed by atoms with Crippen LogP contribution in [0, 0.1) is 0 Å². The first-order valence-corrected chi connectivity index (χ1v) is 18.3. The summed E-state index contributed by atoms with van der Waals surface area (Å²) >= 11 is 0. The minimum absolute atomic E-state index is 0.0934. The summed E-state index contributed by atoms with van der Waals surface area (Å²) in [7, 11) is 0. The number of benzene rings is 8. The van der Waals surface area contributed by atoms with Crippen molar-refractivity contribution in [2.24, 2.45) is 0 Å². The van der Waals surface area contributed by atoms with Gasteiger partial charge in [-0.3, -0.25) is 0 Å². The van der Waals surface area contributed by atoms with E-state index >= 15 is 0 Å². The van der Waals surface area contributed by atoms with Crippen molar-refractivity contribution in [3.63, 3.8) is 0 Å². The Kier molecular flexibility index (Phi) is 5.83. The standard InChI is InChI=1S/C50H37NO/c1-49(2)43-27-31-13-9-8-12-30(31)25-41(43)42-26-32-18-19-35(24-33(32)28-44(42)49)51(34-14-6-5-7-15-34)36-20-21-37-39-22-23-40-38-16-10-11-17-46(38)52-48(40)47(39)50(3,4)45(37)29-36/h5-29H,1-4H3. The first-order chi connectivity index (χ1) is 25.3. The van der Waals surface area contributed by atoms with Crippen molar-refractivity contribution in [2.45, 2.75) is 38.5 Å². The zero-order valence-electron chi connectivity index (χ0n) is 29.8. The highest BCUT2D eigenvalue weighted by Gasteiger charge is 2.39. The number of fused-ring (bicyclic) bond motifs is 12. The van der Waals surface area contributed by atoms with Crippen LogP contribution in [0.5, 0.6) is 0 Å². The topological polar surface area (TPSA) is 16.4 Å². The lowest BCUT2D eigenvalue weighted by atomic mass is 9.81. The summed E-state index contributed by atoms with van der Waals surface area (Å²) in [5.74, 6) is 0. The third kappa shape index (κ3) is 3.95. The molecule has 0 bridgehead atoms. The molecule has 0 atom stereocenters. The summed E-state index contributed by atoms with van der Waals surface area (Å²) in [4.78, 5) is 2.41. The van der Waals surface area contributed by atoms with E-state index in [1.54, 1.807) is 0 Å². The summed E-state index contributed by atoms with van der Waals surface area (Å²) in [6.07, 6.45) is 0. The zero-order valence-corrected chi connectivity index (χ0v) is 29.8. The monoisotopic (exact) mass is 667 g/mol. The second kappa shape index (κ2) is 10.2. The number of hydrogen-bond acceptors (Lipinski definition) is 2. The Morgan fingerprint density at radius 2 is 1.00 bits per heavy atom. The third-order valence-corrected chi connectivity index (χ3v) is 12.2. The molecular weight excluding hydrogens is 631 g/mol. The predicted molar refractivity (Wildman–Crippen MR) is 219 cm³/mol. The molecule has 0 unspecified atom stereocenters. The van der Waals surface area contributed by atoms with Crippen molar-refractivity contribution in [3.05, 3.63) is 174 Å². The van der Waals surface area contributed by atoms with Crippen LogP contribution in [0.25, 0.3) is 65.7 Å². The van der Waals surface area contributed by atoms with Crippen LogP contribution in [-0.4, -0.2) is 0 Å². The van der Waals surface area contributed by atoms with E-state index in [0.29, 0.717) is 0 Å². The molecule has 0 amide bonds. The molecule has 1 aromatic heterocycles. The molecule has 2 heteroatoms. The van der Waals surface area contributed by atoms with E-state index in [2.05, 4.69) is 184 Å². The summed E-state index contributed by atoms with van der Waals surface area (Å²) in [6.45, 7) is 9.45. The Bertz CT molecular complexity index is 2960. The molecule has 2 nitrogen and oxygen atoms in total. The average Bonchev–Trinajstić information content (AvgIpc) is 3.73. The molecule has 0 N–H and O–H groups in total. The van der Waals surface area contributed by atoms with Gasteiger partial charge in [0, 0.05) is 44.2 Å². The lowest BCUT2D eigenvalue weighted by Gasteiger charge is -2.28. The second-order valence-electron chi connectivity index (χ2n) is 15.8. The summed E-state index contributed by atoms with van der Waals surface area (Å²) < 4.78 is 6.60. The van der Waals surface area contributed by atoms with Crippen LogP contribution in [-0.2, 0) is 10.8 Å². The number of anilines is 3. The Balaban J connectivity index is 1.06.